The fraction of sp³-hybridized carbons (Fsp3) is 0.905. The molecule has 0 aliphatic heterocycles. The maximum absolute atomic E-state index is 11.6. The molecule has 0 amide bonds. The Bertz CT molecular complexity index is 254. The second-order valence-electron chi connectivity index (χ2n) is 7.17. The van der Waals surface area contributed by atoms with Gasteiger partial charge in [0.1, 0.15) is 0 Å². The number of ether oxygens (including phenoxy) is 1. The van der Waals surface area contributed by atoms with Gasteiger partial charge < -0.3 is 17.1 Å². The third-order valence-corrected chi connectivity index (χ3v) is 4.32. The van der Waals surface area contributed by atoms with Crippen LogP contribution in [-0.4, -0.2) is 33.2 Å². The standard InChI is InChI=1S/C20H41NO2.CH3/c1-4-5-6-7-8-9-10-11-12-16-19-23-20(22)17-14-13-15-18-21(2)3;/h4-19H2,1-3H3;1H3/q;-1/p+1. The van der Waals surface area contributed by atoms with Crippen LogP contribution in [0.1, 0.15) is 96.8 Å². The number of quaternary nitrogens is 1. The average Bonchev–Trinajstić information content (AvgIpc) is 2.52. The molecule has 0 rings (SSSR count). The number of hydrogen-bond acceptors (Lipinski definition) is 2. The molecular weight excluding hydrogens is 298 g/mol. The Morgan fingerprint density at radius 1 is 0.750 bits per heavy atom. The van der Waals surface area contributed by atoms with Crippen molar-refractivity contribution in [2.75, 3.05) is 27.2 Å². The molecule has 0 radical (unpaired) electrons. The predicted octanol–water partition coefficient (Wildman–Crippen LogP) is 4.61. The Balaban J connectivity index is 0. The summed E-state index contributed by atoms with van der Waals surface area (Å²) in [5, 5.41) is 0. The predicted molar refractivity (Wildman–Crippen MR) is 105 cm³/mol. The van der Waals surface area contributed by atoms with Gasteiger partial charge in [0.25, 0.3) is 0 Å². The molecule has 0 atom stereocenters. The third kappa shape index (κ3) is 21.4. The molecule has 0 aromatic carbocycles. The highest BCUT2D eigenvalue weighted by atomic mass is 16.5. The highest BCUT2D eigenvalue weighted by Crippen LogP contribution is 2.10. The summed E-state index contributed by atoms with van der Waals surface area (Å²) in [4.78, 5) is 13.1. The summed E-state index contributed by atoms with van der Waals surface area (Å²) in [5.41, 5.74) is 0. The van der Waals surface area contributed by atoms with Gasteiger partial charge in [0.15, 0.2) is 0 Å². The lowest BCUT2D eigenvalue weighted by atomic mass is 10.1. The summed E-state index contributed by atoms with van der Waals surface area (Å²) in [6.45, 7) is 4.07. The first kappa shape index (κ1) is 25.7. The quantitative estimate of drug-likeness (QED) is 0.238. The lowest BCUT2D eigenvalue weighted by Gasteiger charge is -2.07. The van der Waals surface area contributed by atoms with Gasteiger partial charge in [0.2, 0.25) is 0 Å². The molecule has 0 saturated heterocycles. The summed E-state index contributed by atoms with van der Waals surface area (Å²) >= 11 is 0. The van der Waals surface area contributed by atoms with Crippen LogP contribution in [0.15, 0.2) is 0 Å². The first-order valence-corrected chi connectivity index (χ1v) is 10.1. The summed E-state index contributed by atoms with van der Waals surface area (Å²) in [5.74, 6) is -0.00174. The molecule has 0 aliphatic rings. The van der Waals surface area contributed by atoms with Crippen LogP contribution in [0.2, 0.25) is 0 Å². The summed E-state index contributed by atoms with van der Waals surface area (Å²) in [6, 6.07) is 0. The van der Waals surface area contributed by atoms with Crippen molar-refractivity contribution in [3.05, 3.63) is 7.43 Å². The van der Waals surface area contributed by atoms with E-state index in [1.165, 1.54) is 75.7 Å². The minimum absolute atomic E-state index is 0. The number of nitrogens with one attached hydrogen (secondary N) is 1. The van der Waals surface area contributed by atoms with Crippen molar-refractivity contribution >= 4 is 5.97 Å². The highest BCUT2D eigenvalue weighted by molar-refractivity contribution is 5.69. The number of carbonyl (C=O) groups excluding carboxylic acids is 1. The smallest absolute Gasteiger partial charge is 0.305 e. The van der Waals surface area contributed by atoms with Crippen LogP contribution in [-0.2, 0) is 9.53 Å². The van der Waals surface area contributed by atoms with E-state index in [4.69, 9.17) is 4.74 Å². The molecule has 0 bridgehead atoms. The molecular formula is C21H45NO2. The lowest BCUT2D eigenvalue weighted by molar-refractivity contribution is -0.858. The molecule has 0 saturated carbocycles. The Kier molecular flexibility index (Phi) is 21.9. The largest absolute Gasteiger partial charge is 0.466 e. The van der Waals surface area contributed by atoms with E-state index in [1.54, 1.807) is 0 Å². The minimum Gasteiger partial charge on any atom is -0.466 e. The zero-order chi connectivity index (χ0) is 17.2. The van der Waals surface area contributed by atoms with E-state index in [1.807, 2.05) is 0 Å². The van der Waals surface area contributed by atoms with Crippen molar-refractivity contribution in [2.24, 2.45) is 0 Å². The number of esters is 1. The molecule has 3 heteroatoms. The average molecular weight is 344 g/mol. The zero-order valence-electron chi connectivity index (χ0n) is 17.1. The first-order chi connectivity index (χ1) is 11.2. The van der Waals surface area contributed by atoms with Crippen molar-refractivity contribution in [3.63, 3.8) is 0 Å². The Morgan fingerprint density at radius 2 is 1.25 bits per heavy atom. The Labute approximate surface area is 152 Å². The summed E-state index contributed by atoms with van der Waals surface area (Å²) in [7, 11) is 4.33. The van der Waals surface area contributed by atoms with E-state index in [-0.39, 0.29) is 13.4 Å². The second-order valence-corrected chi connectivity index (χ2v) is 7.17. The number of rotatable bonds is 17. The van der Waals surface area contributed by atoms with E-state index >= 15 is 0 Å². The fourth-order valence-corrected chi connectivity index (χ4v) is 2.77. The number of hydrogen-bond donors (Lipinski definition) is 1. The van der Waals surface area contributed by atoms with Crippen LogP contribution in [0, 0.1) is 7.43 Å². The van der Waals surface area contributed by atoms with Gasteiger partial charge in [-0.25, -0.2) is 0 Å². The van der Waals surface area contributed by atoms with E-state index < -0.39 is 0 Å². The Hall–Kier alpha value is -0.570. The monoisotopic (exact) mass is 343 g/mol. The van der Waals surface area contributed by atoms with E-state index in [0.29, 0.717) is 13.0 Å². The minimum atomic E-state index is -0.00174. The molecule has 146 valence electrons. The second kappa shape index (κ2) is 20.5. The van der Waals surface area contributed by atoms with Gasteiger partial charge in [-0.3, -0.25) is 4.79 Å². The van der Waals surface area contributed by atoms with Gasteiger partial charge in [-0.2, -0.15) is 0 Å². The molecule has 0 aromatic heterocycles. The van der Waals surface area contributed by atoms with Crippen LogP contribution in [0.3, 0.4) is 0 Å². The highest BCUT2D eigenvalue weighted by Gasteiger charge is 2.03. The van der Waals surface area contributed by atoms with Crippen molar-refractivity contribution in [1.82, 2.24) is 0 Å². The summed E-state index contributed by atoms with van der Waals surface area (Å²) in [6.07, 6.45) is 17.1. The maximum atomic E-state index is 11.6. The topological polar surface area (TPSA) is 30.7 Å². The van der Waals surface area contributed by atoms with Crippen LogP contribution < -0.4 is 4.90 Å². The SMILES string of the molecule is CCCCCCCCCCCCOC(=O)CCCCC[NH+](C)C.[CH3-]. The molecule has 24 heavy (non-hydrogen) atoms. The molecule has 0 spiro atoms. The molecule has 0 heterocycles. The van der Waals surface area contributed by atoms with Gasteiger partial charge in [-0.05, 0) is 25.7 Å². The first-order valence-electron chi connectivity index (χ1n) is 10.1. The van der Waals surface area contributed by atoms with E-state index in [2.05, 4.69) is 21.0 Å². The van der Waals surface area contributed by atoms with E-state index in [9.17, 15) is 4.79 Å². The zero-order valence-corrected chi connectivity index (χ0v) is 17.1. The van der Waals surface area contributed by atoms with Gasteiger partial charge >= 0.3 is 5.97 Å². The lowest BCUT2D eigenvalue weighted by Crippen LogP contribution is -3.05. The van der Waals surface area contributed by atoms with Crippen LogP contribution in [0.25, 0.3) is 0 Å². The van der Waals surface area contributed by atoms with Gasteiger partial charge in [-0.15, -0.1) is 0 Å². The Morgan fingerprint density at radius 3 is 1.79 bits per heavy atom. The van der Waals surface area contributed by atoms with E-state index in [0.717, 1.165) is 19.3 Å². The van der Waals surface area contributed by atoms with Crippen LogP contribution in [0.5, 0.6) is 0 Å². The molecule has 3 nitrogen and oxygen atoms in total. The molecule has 1 N–H and O–H groups in total. The normalized spacial score (nSPS) is 10.7. The van der Waals surface area contributed by atoms with Crippen molar-refractivity contribution in [1.29, 1.82) is 0 Å². The molecule has 0 fully saturated rings. The van der Waals surface area contributed by atoms with Crippen molar-refractivity contribution in [2.45, 2.75) is 96.8 Å². The van der Waals surface area contributed by atoms with Gasteiger partial charge in [0.05, 0.1) is 27.2 Å². The molecule has 0 aliphatic carbocycles. The van der Waals surface area contributed by atoms with Crippen molar-refractivity contribution in [3.8, 4) is 0 Å². The third-order valence-electron chi connectivity index (χ3n) is 4.32. The van der Waals surface area contributed by atoms with Crippen LogP contribution in [0.4, 0.5) is 0 Å². The maximum Gasteiger partial charge on any atom is 0.305 e. The van der Waals surface area contributed by atoms with Gasteiger partial charge in [0, 0.05) is 6.42 Å². The van der Waals surface area contributed by atoms with Gasteiger partial charge in [-0.1, -0.05) is 64.7 Å². The molecule has 0 aromatic rings. The summed E-state index contributed by atoms with van der Waals surface area (Å²) < 4.78 is 5.30. The molecule has 0 unspecified atom stereocenters. The number of carbonyl (C=O) groups is 1. The van der Waals surface area contributed by atoms with Crippen molar-refractivity contribution < 1.29 is 14.4 Å². The number of unbranched alkanes of at least 4 members (excludes halogenated alkanes) is 11. The van der Waals surface area contributed by atoms with Crippen LogP contribution >= 0.6 is 0 Å². The fourth-order valence-electron chi connectivity index (χ4n) is 2.77.